The molecule has 1 aliphatic carbocycles. The Morgan fingerprint density at radius 2 is 2.24 bits per heavy atom. The third kappa shape index (κ3) is 2.94. The quantitative estimate of drug-likeness (QED) is 0.607. The van der Waals surface area contributed by atoms with Gasteiger partial charge in [-0.25, -0.2) is 4.39 Å². The molecule has 2 aromatic rings. The monoisotopic (exact) mass is 370 g/mol. The molecule has 4 nitrogen and oxygen atoms in total. The zero-order valence-electron chi connectivity index (χ0n) is 10.9. The van der Waals surface area contributed by atoms with Gasteiger partial charge in [-0.15, -0.1) is 11.3 Å². The number of anilines is 1. The number of aryl methyl sites for hydroxylation is 1. The van der Waals surface area contributed by atoms with Gasteiger partial charge in [-0.1, -0.05) is 0 Å². The topological polar surface area (TPSA) is 55.2 Å². The molecule has 0 spiro atoms. The average Bonchev–Trinajstić information content (AvgIpc) is 2.82. The summed E-state index contributed by atoms with van der Waals surface area (Å²) in [5, 5.41) is 13.8. The maximum atomic E-state index is 14.0. The lowest BCUT2D eigenvalue weighted by atomic mass is 9.94. The molecule has 1 unspecified atom stereocenters. The summed E-state index contributed by atoms with van der Waals surface area (Å²) in [4.78, 5) is 11.4. The van der Waals surface area contributed by atoms with Crippen molar-refractivity contribution in [3.8, 4) is 0 Å². The van der Waals surface area contributed by atoms with Gasteiger partial charge in [0.25, 0.3) is 5.69 Å². The number of nitrogens with zero attached hydrogens (tertiary/aromatic N) is 1. The number of rotatable bonds is 3. The molecule has 1 atom stereocenters. The van der Waals surface area contributed by atoms with Crippen LogP contribution in [0.1, 0.15) is 29.3 Å². The highest BCUT2D eigenvalue weighted by Crippen LogP contribution is 2.39. The van der Waals surface area contributed by atoms with Crippen LogP contribution in [0, 0.1) is 15.9 Å². The second-order valence-electron chi connectivity index (χ2n) is 4.94. The Hall–Kier alpha value is -1.47. The number of nitro benzene ring substituents is 1. The summed E-state index contributed by atoms with van der Waals surface area (Å²) in [7, 11) is 0. The van der Waals surface area contributed by atoms with E-state index in [1.807, 2.05) is 0 Å². The maximum Gasteiger partial charge on any atom is 0.272 e. The standard InChI is InChI=1S/C14H12BrFN2O2S/c15-14-7-9-11(2-1-3-13(9)21-14)17-12-5-4-8(18(19)20)6-10(12)16/h4-7,11,17H,1-3H2. The summed E-state index contributed by atoms with van der Waals surface area (Å²) in [6, 6.07) is 5.82. The van der Waals surface area contributed by atoms with Crippen molar-refractivity contribution in [2.45, 2.75) is 25.3 Å². The average molecular weight is 371 g/mol. The lowest BCUT2D eigenvalue weighted by Gasteiger charge is -2.24. The second-order valence-corrected chi connectivity index (χ2v) is 7.46. The van der Waals surface area contributed by atoms with E-state index in [4.69, 9.17) is 0 Å². The van der Waals surface area contributed by atoms with Crippen LogP contribution in [-0.2, 0) is 6.42 Å². The summed E-state index contributed by atoms with van der Waals surface area (Å²) < 4.78 is 15.0. The molecule has 0 aliphatic heterocycles. The van der Waals surface area contributed by atoms with Crippen LogP contribution in [-0.4, -0.2) is 4.92 Å². The largest absolute Gasteiger partial charge is 0.376 e. The lowest BCUT2D eigenvalue weighted by Crippen LogP contribution is -2.16. The molecule has 3 rings (SSSR count). The summed E-state index contributed by atoms with van der Waals surface area (Å²) in [6.07, 6.45) is 3.02. The fourth-order valence-electron chi connectivity index (χ4n) is 2.59. The minimum absolute atomic E-state index is 0.0484. The van der Waals surface area contributed by atoms with Gasteiger partial charge >= 0.3 is 0 Å². The van der Waals surface area contributed by atoms with Crippen molar-refractivity contribution in [1.29, 1.82) is 0 Å². The van der Waals surface area contributed by atoms with Crippen LogP contribution < -0.4 is 5.32 Å². The number of thiophene rings is 1. The molecule has 1 aliphatic rings. The van der Waals surface area contributed by atoms with Gasteiger partial charge in [0.2, 0.25) is 0 Å². The number of benzene rings is 1. The number of fused-ring (bicyclic) bond motifs is 1. The molecule has 0 saturated carbocycles. The molecule has 0 amide bonds. The Morgan fingerprint density at radius 1 is 1.43 bits per heavy atom. The fourth-order valence-corrected chi connectivity index (χ4v) is 4.41. The number of nitro groups is 1. The third-order valence-electron chi connectivity index (χ3n) is 3.58. The van der Waals surface area contributed by atoms with Crippen molar-refractivity contribution in [1.82, 2.24) is 0 Å². The van der Waals surface area contributed by atoms with Gasteiger partial charge in [-0.2, -0.15) is 0 Å². The molecule has 0 fully saturated rings. The van der Waals surface area contributed by atoms with E-state index < -0.39 is 10.7 Å². The SMILES string of the molecule is O=[N+]([O-])c1ccc(NC2CCCc3sc(Br)cc32)c(F)c1. The van der Waals surface area contributed by atoms with E-state index in [1.165, 1.54) is 22.6 Å². The van der Waals surface area contributed by atoms with Crippen LogP contribution in [0.4, 0.5) is 15.8 Å². The summed E-state index contributed by atoms with van der Waals surface area (Å²) >= 11 is 5.20. The molecule has 1 aromatic heterocycles. The first-order chi connectivity index (χ1) is 10.0. The van der Waals surface area contributed by atoms with Crippen molar-refractivity contribution in [3.63, 3.8) is 0 Å². The van der Waals surface area contributed by atoms with Gasteiger partial charge in [-0.3, -0.25) is 10.1 Å². The molecular weight excluding hydrogens is 359 g/mol. The number of non-ortho nitro benzene ring substituents is 1. The van der Waals surface area contributed by atoms with E-state index in [-0.39, 0.29) is 11.7 Å². The van der Waals surface area contributed by atoms with E-state index in [2.05, 4.69) is 27.3 Å². The van der Waals surface area contributed by atoms with E-state index in [0.29, 0.717) is 5.69 Å². The van der Waals surface area contributed by atoms with E-state index in [0.717, 1.165) is 29.1 Å². The molecule has 7 heteroatoms. The normalized spacial score (nSPS) is 17.3. The summed E-state index contributed by atoms with van der Waals surface area (Å²) in [5.74, 6) is -0.592. The molecule has 1 aromatic carbocycles. The molecule has 1 N–H and O–H groups in total. The Bertz CT molecular complexity index is 704. The van der Waals surface area contributed by atoms with E-state index >= 15 is 0 Å². The van der Waals surface area contributed by atoms with E-state index in [1.54, 1.807) is 11.3 Å². The fraction of sp³-hybridized carbons (Fsp3) is 0.286. The van der Waals surface area contributed by atoms with Gasteiger partial charge in [0.1, 0.15) is 0 Å². The van der Waals surface area contributed by atoms with Gasteiger partial charge in [0.15, 0.2) is 5.82 Å². The molecule has 0 radical (unpaired) electrons. The maximum absolute atomic E-state index is 14.0. The Kier molecular flexibility index (Phi) is 3.95. The third-order valence-corrected chi connectivity index (χ3v) is 5.29. The summed E-state index contributed by atoms with van der Waals surface area (Å²) in [6.45, 7) is 0. The van der Waals surface area contributed by atoms with Crippen molar-refractivity contribution >= 4 is 38.6 Å². The minimum atomic E-state index is -0.596. The number of halogens is 2. The van der Waals surface area contributed by atoms with E-state index in [9.17, 15) is 14.5 Å². The minimum Gasteiger partial charge on any atom is -0.376 e. The van der Waals surface area contributed by atoms with Gasteiger partial charge in [-0.05, 0) is 52.9 Å². The van der Waals surface area contributed by atoms with Crippen molar-refractivity contribution < 1.29 is 9.31 Å². The first-order valence-electron chi connectivity index (χ1n) is 6.53. The number of hydrogen-bond acceptors (Lipinski definition) is 4. The molecular formula is C14H12BrFN2O2S. The van der Waals surface area contributed by atoms with Crippen molar-refractivity contribution in [3.05, 3.63) is 54.4 Å². The highest BCUT2D eigenvalue weighted by molar-refractivity contribution is 9.11. The summed E-state index contributed by atoms with van der Waals surface area (Å²) in [5.41, 5.74) is 1.26. The molecule has 110 valence electrons. The highest BCUT2D eigenvalue weighted by Gasteiger charge is 2.23. The first kappa shape index (κ1) is 14.5. The number of nitrogens with one attached hydrogen (secondary N) is 1. The molecule has 0 bridgehead atoms. The van der Waals surface area contributed by atoms with Crippen LogP contribution in [0.5, 0.6) is 0 Å². The molecule has 21 heavy (non-hydrogen) atoms. The Labute approximate surface area is 133 Å². The smallest absolute Gasteiger partial charge is 0.272 e. The van der Waals surface area contributed by atoms with Crippen LogP contribution in [0.25, 0.3) is 0 Å². The molecule has 1 heterocycles. The van der Waals surface area contributed by atoms with Gasteiger partial charge < -0.3 is 5.32 Å². The van der Waals surface area contributed by atoms with Gasteiger partial charge in [0.05, 0.1) is 26.5 Å². The zero-order valence-corrected chi connectivity index (χ0v) is 13.3. The van der Waals surface area contributed by atoms with Crippen LogP contribution in [0.3, 0.4) is 0 Å². The Morgan fingerprint density at radius 3 is 2.95 bits per heavy atom. The zero-order chi connectivity index (χ0) is 15.0. The van der Waals surface area contributed by atoms with Crippen molar-refractivity contribution in [2.24, 2.45) is 0 Å². The Balaban J connectivity index is 1.86. The first-order valence-corrected chi connectivity index (χ1v) is 8.14. The van der Waals surface area contributed by atoms with Crippen LogP contribution in [0.2, 0.25) is 0 Å². The van der Waals surface area contributed by atoms with Crippen LogP contribution >= 0.6 is 27.3 Å². The second kappa shape index (κ2) is 5.73. The lowest BCUT2D eigenvalue weighted by molar-refractivity contribution is -0.385. The highest BCUT2D eigenvalue weighted by atomic mass is 79.9. The van der Waals surface area contributed by atoms with Crippen molar-refractivity contribution in [2.75, 3.05) is 5.32 Å². The predicted molar refractivity (Wildman–Crippen MR) is 84.4 cm³/mol. The van der Waals surface area contributed by atoms with Crippen LogP contribution in [0.15, 0.2) is 28.1 Å². The predicted octanol–water partition coefficient (Wildman–Crippen LogP) is 5.05. The molecule has 0 saturated heterocycles. The number of hydrogen-bond donors (Lipinski definition) is 1. The van der Waals surface area contributed by atoms with Gasteiger partial charge in [0, 0.05) is 10.9 Å².